The lowest BCUT2D eigenvalue weighted by Gasteiger charge is -2.32. The molecule has 0 fully saturated rings. The third-order valence-corrected chi connectivity index (χ3v) is 5.64. The van der Waals surface area contributed by atoms with Gasteiger partial charge in [0, 0.05) is 18.0 Å². The molecule has 0 radical (unpaired) electrons. The molecule has 0 atom stereocenters. The average Bonchev–Trinajstić information content (AvgIpc) is 3.26. The van der Waals surface area contributed by atoms with Gasteiger partial charge in [-0.1, -0.05) is 0 Å². The number of hydrogen-bond acceptors (Lipinski definition) is 7. The highest BCUT2D eigenvalue weighted by Crippen LogP contribution is 2.46. The molecule has 168 valence electrons. The summed E-state index contributed by atoms with van der Waals surface area (Å²) in [4.78, 5) is 14.0. The zero-order valence-electron chi connectivity index (χ0n) is 18.7. The fourth-order valence-corrected chi connectivity index (χ4v) is 4.46. The van der Waals surface area contributed by atoms with E-state index in [1.165, 1.54) is 23.3 Å². The molecule has 0 unspecified atom stereocenters. The van der Waals surface area contributed by atoms with Gasteiger partial charge < -0.3 is 24.1 Å². The summed E-state index contributed by atoms with van der Waals surface area (Å²) in [6.45, 7) is 5.86. The number of amides is 1. The Morgan fingerprint density at radius 1 is 1.13 bits per heavy atom. The van der Waals surface area contributed by atoms with Gasteiger partial charge in [0.1, 0.15) is 22.0 Å². The van der Waals surface area contributed by atoms with E-state index in [0.717, 1.165) is 5.56 Å². The van der Waals surface area contributed by atoms with Gasteiger partial charge in [-0.2, -0.15) is 0 Å². The Labute approximate surface area is 184 Å². The summed E-state index contributed by atoms with van der Waals surface area (Å²) >= 11 is 1.37. The second-order valence-electron chi connectivity index (χ2n) is 7.79. The first kappa shape index (κ1) is 22.7. The van der Waals surface area contributed by atoms with Gasteiger partial charge in [-0.05, 0) is 38.5 Å². The van der Waals surface area contributed by atoms with Gasteiger partial charge in [0.2, 0.25) is 0 Å². The van der Waals surface area contributed by atoms with Crippen molar-refractivity contribution < 1.29 is 28.8 Å². The maximum atomic E-state index is 12.1. The minimum absolute atomic E-state index is 0.222. The molecule has 0 aliphatic rings. The van der Waals surface area contributed by atoms with E-state index < -0.39 is 11.6 Å². The van der Waals surface area contributed by atoms with Crippen LogP contribution in [0.3, 0.4) is 0 Å². The number of rotatable bonds is 7. The predicted octanol–water partition coefficient (Wildman–Crippen LogP) is 4.52. The number of carboxylic acid groups (broad SMARTS) is 1. The molecule has 2 aromatic heterocycles. The largest absolute Gasteiger partial charge is 0.496 e. The van der Waals surface area contributed by atoms with Crippen LogP contribution in [0.15, 0.2) is 17.5 Å². The van der Waals surface area contributed by atoms with Crippen LogP contribution in [-0.4, -0.2) is 54.8 Å². The van der Waals surface area contributed by atoms with Gasteiger partial charge in [0.25, 0.3) is 5.88 Å². The standard InChI is InChI=1S/C21H27N3O6S/c1-21(2,3)23(20(25)26)17-18(30-7)22-24-13(11-31-19(17)24)16-14(28-5)8-12(10-27-4)9-15(16)29-6/h8-9,11H,10H2,1-7H3,(H,25,26). The van der Waals surface area contributed by atoms with E-state index in [9.17, 15) is 9.90 Å². The van der Waals surface area contributed by atoms with Gasteiger partial charge in [0.05, 0.1) is 39.2 Å². The van der Waals surface area contributed by atoms with Gasteiger partial charge in [-0.15, -0.1) is 16.4 Å². The van der Waals surface area contributed by atoms with Crippen LogP contribution >= 0.6 is 11.3 Å². The van der Waals surface area contributed by atoms with Crippen molar-refractivity contribution >= 4 is 27.9 Å². The summed E-state index contributed by atoms with van der Waals surface area (Å²) in [5.41, 5.74) is 1.98. The van der Waals surface area contributed by atoms with Crippen LogP contribution in [0, 0.1) is 0 Å². The number of benzene rings is 1. The first-order chi connectivity index (χ1) is 14.7. The highest BCUT2D eigenvalue weighted by atomic mass is 32.1. The Hall–Kier alpha value is -2.98. The van der Waals surface area contributed by atoms with E-state index in [1.54, 1.807) is 25.8 Å². The molecule has 9 nitrogen and oxygen atoms in total. The summed E-state index contributed by atoms with van der Waals surface area (Å²) in [5, 5.41) is 16.4. The van der Waals surface area contributed by atoms with Crippen LogP contribution in [0.1, 0.15) is 26.3 Å². The first-order valence-corrected chi connectivity index (χ1v) is 10.4. The van der Waals surface area contributed by atoms with E-state index in [-0.39, 0.29) is 5.88 Å². The normalized spacial score (nSPS) is 11.6. The summed E-state index contributed by atoms with van der Waals surface area (Å²) in [5.74, 6) is 1.40. The van der Waals surface area contributed by atoms with E-state index in [0.29, 0.717) is 39.9 Å². The lowest BCUT2D eigenvalue weighted by Crippen LogP contribution is -2.45. The minimum Gasteiger partial charge on any atom is -0.496 e. The third kappa shape index (κ3) is 4.00. The Balaban J connectivity index is 2.30. The van der Waals surface area contributed by atoms with Crippen molar-refractivity contribution in [2.45, 2.75) is 32.9 Å². The smallest absolute Gasteiger partial charge is 0.412 e. The Kier molecular flexibility index (Phi) is 6.33. The number of thiazole rings is 1. The lowest BCUT2D eigenvalue weighted by molar-refractivity contribution is 0.184. The van der Waals surface area contributed by atoms with Crippen molar-refractivity contribution in [2.24, 2.45) is 0 Å². The monoisotopic (exact) mass is 449 g/mol. The number of carbonyl (C=O) groups is 1. The van der Waals surface area contributed by atoms with Crippen LogP contribution in [-0.2, 0) is 11.3 Å². The molecule has 0 aliphatic carbocycles. The third-order valence-electron chi connectivity index (χ3n) is 4.71. The molecule has 1 amide bonds. The Bertz CT molecular complexity index is 1070. The predicted molar refractivity (Wildman–Crippen MR) is 119 cm³/mol. The number of aromatic nitrogens is 2. The number of hydrogen-bond donors (Lipinski definition) is 1. The second kappa shape index (κ2) is 8.64. The number of anilines is 1. The SMILES string of the molecule is COCc1cc(OC)c(-c2csc3c(N(C(=O)O)C(C)(C)C)c(OC)nn23)c(OC)c1. The molecule has 1 aromatic carbocycles. The molecular formula is C21H27N3O6S. The van der Waals surface area contributed by atoms with Crippen LogP contribution in [0.25, 0.3) is 16.1 Å². The van der Waals surface area contributed by atoms with Gasteiger partial charge in [0.15, 0.2) is 0 Å². The number of methoxy groups -OCH3 is 4. The van der Waals surface area contributed by atoms with Crippen LogP contribution in [0.5, 0.6) is 17.4 Å². The van der Waals surface area contributed by atoms with Crippen molar-refractivity contribution in [1.82, 2.24) is 9.61 Å². The highest BCUT2D eigenvalue weighted by molar-refractivity contribution is 7.16. The molecule has 0 spiro atoms. The molecule has 0 saturated carbocycles. The molecule has 3 aromatic rings. The quantitative estimate of drug-likeness (QED) is 0.567. The summed E-state index contributed by atoms with van der Waals surface area (Å²) < 4.78 is 23.6. The first-order valence-electron chi connectivity index (χ1n) is 9.49. The molecule has 0 bridgehead atoms. The minimum atomic E-state index is -1.09. The Morgan fingerprint density at radius 2 is 1.74 bits per heavy atom. The summed E-state index contributed by atoms with van der Waals surface area (Å²) in [6.07, 6.45) is -1.09. The van der Waals surface area contributed by atoms with Gasteiger partial charge >= 0.3 is 6.09 Å². The fraction of sp³-hybridized carbons (Fsp3) is 0.429. The zero-order chi connectivity index (χ0) is 22.9. The maximum Gasteiger partial charge on any atom is 0.412 e. The fourth-order valence-electron chi connectivity index (χ4n) is 3.49. The number of ether oxygens (including phenoxy) is 4. The summed E-state index contributed by atoms with van der Waals surface area (Å²) in [6, 6.07) is 3.76. The van der Waals surface area contributed by atoms with Gasteiger partial charge in [-0.25, -0.2) is 9.31 Å². The van der Waals surface area contributed by atoms with E-state index in [4.69, 9.17) is 18.9 Å². The molecule has 0 saturated heterocycles. The topological polar surface area (TPSA) is 94.8 Å². The van der Waals surface area contributed by atoms with Crippen molar-refractivity contribution in [1.29, 1.82) is 0 Å². The summed E-state index contributed by atoms with van der Waals surface area (Å²) in [7, 11) is 6.26. The van der Waals surface area contributed by atoms with Crippen molar-refractivity contribution in [3.8, 4) is 28.6 Å². The number of nitrogens with zero attached hydrogens (tertiary/aromatic N) is 3. The van der Waals surface area contributed by atoms with Gasteiger partial charge in [-0.3, -0.25) is 4.90 Å². The van der Waals surface area contributed by atoms with E-state index in [2.05, 4.69) is 5.10 Å². The maximum absolute atomic E-state index is 12.1. The van der Waals surface area contributed by atoms with Crippen LogP contribution in [0.2, 0.25) is 0 Å². The average molecular weight is 450 g/mol. The molecule has 3 rings (SSSR count). The molecule has 31 heavy (non-hydrogen) atoms. The molecule has 0 aliphatic heterocycles. The van der Waals surface area contributed by atoms with Crippen molar-refractivity contribution in [3.63, 3.8) is 0 Å². The molecule has 1 N–H and O–H groups in total. The molecule has 10 heteroatoms. The van der Waals surface area contributed by atoms with Crippen molar-refractivity contribution in [2.75, 3.05) is 33.3 Å². The molecular weight excluding hydrogens is 422 g/mol. The zero-order valence-corrected chi connectivity index (χ0v) is 19.5. The van der Waals surface area contributed by atoms with E-state index >= 15 is 0 Å². The van der Waals surface area contributed by atoms with Crippen LogP contribution < -0.4 is 19.1 Å². The lowest BCUT2D eigenvalue weighted by atomic mass is 10.1. The van der Waals surface area contributed by atoms with Crippen LogP contribution in [0.4, 0.5) is 10.5 Å². The van der Waals surface area contributed by atoms with Crippen molar-refractivity contribution in [3.05, 3.63) is 23.1 Å². The molecule has 2 heterocycles. The number of fused-ring (bicyclic) bond motifs is 1. The van der Waals surface area contributed by atoms with E-state index in [1.807, 2.05) is 38.3 Å². The second-order valence-corrected chi connectivity index (χ2v) is 8.65. The Morgan fingerprint density at radius 3 is 2.19 bits per heavy atom. The highest BCUT2D eigenvalue weighted by Gasteiger charge is 2.35.